The molecule has 0 unspecified atom stereocenters. The van der Waals surface area contributed by atoms with Gasteiger partial charge in [-0.3, -0.25) is 9.98 Å². The Balaban J connectivity index is 1.60. The monoisotopic (exact) mass is 441 g/mol. The quantitative estimate of drug-likeness (QED) is 0.435. The molecule has 0 saturated heterocycles. The molecule has 2 aromatic carbocycles. The summed E-state index contributed by atoms with van der Waals surface area (Å²) in [6.45, 7) is 2.74. The second kappa shape index (κ2) is 8.20. The summed E-state index contributed by atoms with van der Waals surface area (Å²) in [6, 6.07) is 18.5. The molecule has 0 radical (unpaired) electrons. The minimum Gasteiger partial charge on any atom is -0.284 e. The summed E-state index contributed by atoms with van der Waals surface area (Å²) in [7, 11) is -3.68. The van der Waals surface area contributed by atoms with Gasteiger partial charge in [-0.15, -0.1) is 0 Å². The summed E-state index contributed by atoms with van der Waals surface area (Å²) in [5.74, 6) is 0. The molecule has 32 heavy (non-hydrogen) atoms. The molecule has 1 aliphatic rings. The lowest BCUT2D eigenvalue weighted by Crippen LogP contribution is -2.12. The van der Waals surface area contributed by atoms with Crippen molar-refractivity contribution < 1.29 is 8.42 Å². The number of rotatable bonds is 4. The Labute approximate surface area is 187 Å². The standard InChI is InChI=1S/C26H23N3O2S/c1-19-9-11-23(12-10-19)32(30,31)29-16-13-24-20(5-2-8-25(24)29)17-21-6-4-15-28-26(21)22-7-3-14-27-18-22/h2-3,5,7-14,16-18H,4,6,15H2,1H3/b21-17+. The van der Waals surface area contributed by atoms with Gasteiger partial charge in [0.15, 0.2) is 0 Å². The first-order valence-electron chi connectivity index (χ1n) is 10.6. The van der Waals surface area contributed by atoms with Crippen LogP contribution in [0.4, 0.5) is 0 Å². The van der Waals surface area contributed by atoms with Gasteiger partial charge in [0.2, 0.25) is 0 Å². The predicted molar refractivity (Wildman–Crippen MR) is 129 cm³/mol. The molecule has 0 fully saturated rings. The molecule has 0 atom stereocenters. The van der Waals surface area contributed by atoms with E-state index in [-0.39, 0.29) is 4.90 Å². The number of hydrogen-bond donors (Lipinski definition) is 0. The highest BCUT2D eigenvalue weighted by Gasteiger charge is 2.20. The lowest BCUT2D eigenvalue weighted by atomic mass is 9.94. The van der Waals surface area contributed by atoms with E-state index in [1.54, 1.807) is 24.5 Å². The highest BCUT2D eigenvalue weighted by molar-refractivity contribution is 7.90. The van der Waals surface area contributed by atoms with Crippen molar-refractivity contribution in [3.63, 3.8) is 0 Å². The Hall–Kier alpha value is -3.51. The van der Waals surface area contributed by atoms with Gasteiger partial charge in [0.05, 0.1) is 16.1 Å². The van der Waals surface area contributed by atoms with Gasteiger partial charge in [0, 0.05) is 36.1 Å². The van der Waals surface area contributed by atoms with Crippen molar-refractivity contribution in [3.8, 4) is 0 Å². The van der Waals surface area contributed by atoms with Crippen molar-refractivity contribution in [2.45, 2.75) is 24.7 Å². The van der Waals surface area contributed by atoms with E-state index >= 15 is 0 Å². The van der Waals surface area contributed by atoms with Crippen LogP contribution in [0.1, 0.15) is 29.5 Å². The molecule has 2 aromatic heterocycles. The van der Waals surface area contributed by atoms with Crippen LogP contribution >= 0.6 is 0 Å². The summed E-state index contributed by atoms with van der Waals surface area (Å²) in [5, 5.41) is 0.895. The number of fused-ring (bicyclic) bond motifs is 1. The minimum atomic E-state index is -3.68. The van der Waals surface area contributed by atoms with Gasteiger partial charge >= 0.3 is 0 Å². The Morgan fingerprint density at radius 2 is 1.84 bits per heavy atom. The molecule has 3 heterocycles. The number of hydrogen-bond acceptors (Lipinski definition) is 4. The van der Waals surface area contributed by atoms with Crippen LogP contribution in [0.5, 0.6) is 0 Å². The van der Waals surface area contributed by atoms with E-state index in [0.29, 0.717) is 5.52 Å². The minimum absolute atomic E-state index is 0.280. The number of aromatic nitrogens is 2. The van der Waals surface area contributed by atoms with Crippen molar-refractivity contribution in [3.05, 3.63) is 102 Å². The maximum atomic E-state index is 13.3. The molecule has 5 nitrogen and oxygen atoms in total. The predicted octanol–water partition coefficient (Wildman–Crippen LogP) is 5.25. The summed E-state index contributed by atoms with van der Waals surface area (Å²) in [5.41, 5.74) is 5.78. The maximum Gasteiger partial charge on any atom is 0.268 e. The highest BCUT2D eigenvalue weighted by atomic mass is 32.2. The lowest BCUT2D eigenvalue weighted by molar-refractivity contribution is 0.589. The molecule has 0 aliphatic carbocycles. The summed E-state index contributed by atoms with van der Waals surface area (Å²) < 4.78 is 27.9. The number of pyridine rings is 1. The third kappa shape index (κ3) is 3.67. The Bertz CT molecular complexity index is 1450. The molecule has 1 aliphatic heterocycles. The molecule has 4 aromatic rings. The van der Waals surface area contributed by atoms with Gasteiger partial charge in [-0.05, 0) is 73.4 Å². The molecule has 160 valence electrons. The van der Waals surface area contributed by atoms with Crippen LogP contribution in [0.15, 0.2) is 94.7 Å². The first-order chi connectivity index (χ1) is 15.5. The van der Waals surface area contributed by atoms with Crippen LogP contribution in [0.25, 0.3) is 17.0 Å². The van der Waals surface area contributed by atoms with Gasteiger partial charge in [0.25, 0.3) is 10.0 Å². The fraction of sp³-hybridized carbons (Fsp3) is 0.154. The SMILES string of the molecule is Cc1ccc(S(=O)(=O)n2ccc3c(/C=C4\CCCN=C4c4cccnc4)cccc32)cc1. The number of benzene rings is 2. The van der Waals surface area contributed by atoms with E-state index in [9.17, 15) is 8.42 Å². The number of aryl methyl sites for hydroxylation is 1. The summed E-state index contributed by atoms with van der Waals surface area (Å²) >= 11 is 0. The van der Waals surface area contributed by atoms with Crippen LogP contribution in [-0.4, -0.2) is 29.6 Å². The first kappa shape index (κ1) is 20.4. The molecule has 0 N–H and O–H groups in total. The maximum absolute atomic E-state index is 13.3. The van der Waals surface area contributed by atoms with Crippen LogP contribution < -0.4 is 0 Å². The van der Waals surface area contributed by atoms with Crippen molar-refractivity contribution >= 4 is 32.7 Å². The van der Waals surface area contributed by atoms with E-state index in [1.165, 1.54) is 3.97 Å². The molecule has 0 spiro atoms. The summed E-state index contributed by atoms with van der Waals surface area (Å²) in [6.07, 6.45) is 9.29. The zero-order chi connectivity index (χ0) is 22.1. The van der Waals surface area contributed by atoms with Crippen molar-refractivity contribution in [1.82, 2.24) is 8.96 Å². The third-order valence-corrected chi connectivity index (χ3v) is 7.46. The smallest absolute Gasteiger partial charge is 0.268 e. The van der Waals surface area contributed by atoms with Gasteiger partial charge < -0.3 is 0 Å². The van der Waals surface area contributed by atoms with Crippen LogP contribution in [0.3, 0.4) is 0 Å². The Kier molecular flexibility index (Phi) is 5.23. The molecular formula is C26H23N3O2S. The molecule has 0 amide bonds. The normalized spacial score (nSPS) is 15.8. The number of nitrogens with zero attached hydrogens (tertiary/aromatic N) is 3. The summed E-state index contributed by atoms with van der Waals surface area (Å²) in [4.78, 5) is 9.27. The van der Waals surface area contributed by atoms with E-state index < -0.39 is 10.0 Å². The zero-order valence-electron chi connectivity index (χ0n) is 17.8. The van der Waals surface area contributed by atoms with Crippen LogP contribution in [0.2, 0.25) is 0 Å². The third-order valence-electron chi connectivity index (χ3n) is 5.75. The van der Waals surface area contributed by atoms with E-state index in [2.05, 4.69) is 11.1 Å². The molecule has 6 heteroatoms. The Morgan fingerprint density at radius 3 is 2.62 bits per heavy atom. The van der Waals surface area contributed by atoms with Crippen LogP contribution in [-0.2, 0) is 10.0 Å². The molecule has 5 rings (SSSR count). The van der Waals surface area contributed by atoms with Crippen molar-refractivity contribution in [2.24, 2.45) is 4.99 Å². The molecule has 0 saturated carbocycles. The second-order valence-corrected chi connectivity index (χ2v) is 9.77. The average Bonchev–Trinajstić information content (AvgIpc) is 3.27. The molecule has 0 bridgehead atoms. The number of aliphatic imine (C=N–C) groups is 1. The topological polar surface area (TPSA) is 64.3 Å². The largest absolute Gasteiger partial charge is 0.284 e. The van der Waals surface area contributed by atoms with Crippen LogP contribution in [0, 0.1) is 6.92 Å². The Morgan fingerprint density at radius 1 is 1.00 bits per heavy atom. The van der Waals surface area contributed by atoms with Crippen molar-refractivity contribution in [2.75, 3.05) is 6.54 Å². The zero-order valence-corrected chi connectivity index (χ0v) is 18.6. The van der Waals surface area contributed by atoms with Gasteiger partial charge in [-0.2, -0.15) is 0 Å². The molecular weight excluding hydrogens is 418 g/mol. The number of allylic oxidation sites excluding steroid dienone is 1. The van der Waals surface area contributed by atoms with E-state index in [1.807, 2.05) is 61.7 Å². The van der Waals surface area contributed by atoms with Gasteiger partial charge in [-0.25, -0.2) is 12.4 Å². The highest BCUT2D eigenvalue weighted by Crippen LogP contribution is 2.29. The fourth-order valence-electron chi connectivity index (χ4n) is 4.11. The van der Waals surface area contributed by atoms with Gasteiger partial charge in [0.1, 0.15) is 0 Å². The van der Waals surface area contributed by atoms with Crippen molar-refractivity contribution in [1.29, 1.82) is 0 Å². The lowest BCUT2D eigenvalue weighted by Gasteiger charge is -2.16. The van der Waals surface area contributed by atoms with E-state index in [0.717, 1.165) is 52.7 Å². The fourth-order valence-corrected chi connectivity index (χ4v) is 5.46. The first-order valence-corrected chi connectivity index (χ1v) is 12.1. The second-order valence-electron chi connectivity index (χ2n) is 7.95. The van der Waals surface area contributed by atoms with E-state index in [4.69, 9.17) is 4.99 Å². The average molecular weight is 442 g/mol. The van der Waals surface area contributed by atoms with Gasteiger partial charge in [-0.1, -0.05) is 29.8 Å².